The van der Waals surface area contributed by atoms with Gasteiger partial charge in [-0.2, -0.15) is 0 Å². The van der Waals surface area contributed by atoms with Crippen LogP contribution in [0, 0.1) is 6.92 Å². The first kappa shape index (κ1) is 16.4. The van der Waals surface area contributed by atoms with Gasteiger partial charge in [0.15, 0.2) is 0 Å². The second kappa shape index (κ2) is 5.58. The molecule has 2 aliphatic rings. The molecule has 0 spiro atoms. The molecule has 0 unspecified atom stereocenters. The zero-order valence-corrected chi connectivity index (χ0v) is 14.1. The molecule has 0 atom stereocenters. The van der Waals surface area contributed by atoms with Crippen molar-refractivity contribution in [3.05, 3.63) is 29.3 Å². The van der Waals surface area contributed by atoms with Crippen LogP contribution in [0.5, 0.6) is 0 Å². The third-order valence-electron chi connectivity index (χ3n) is 4.37. The molecule has 0 aliphatic heterocycles. The Labute approximate surface area is 136 Å². The highest BCUT2D eigenvalue weighted by molar-refractivity contribution is 7.89. The fourth-order valence-electron chi connectivity index (χ4n) is 2.87. The Hall–Kier alpha value is -1.44. The number of carbonyl (C=O) groups is 1. The molecule has 7 heteroatoms. The number of benzene rings is 1. The van der Waals surface area contributed by atoms with Gasteiger partial charge in [0.1, 0.15) is 0 Å². The summed E-state index contributed by atoms with van der Waals surface area (Å²) < 4.78 is 27.1. The van der Waals surface area contributed by atoms with Gasteiger partial charge in [-0.15, -0.1) is 0 Å². The molecule has 3 N–H and O–H groups in total. The molecule has 3 rings (SSSR count). The summed E-state index contributed by atoms with van der Waals surface area (Å²) in [5, 5.41) is 12.6. The van der Waals surface area contributed by atoms with Crippen molar-refractivity contribution in [1.29, 1.82) is 0 Å². The predicted molar refractivity (Wildman–Crippen MR) is 85.6 cm³/mol. The Balaban J connectivity index is 1.76. The number of hydrogen-bond acceptors (Lipinski definition) is 4. The van der Waals surface area contributed by atoms with Crippen LogP contribution in [0.1, 0.15) is 48.5 Å². The molecule has 126 valence electrons. The summed E-state index contributed by atoms with van der Waals surface area (Å²) in [6.45, 7) is 3.51. The first-order valence-corrected chi connectivity index (χ1v) is 9.31. The zero-order chi connectivity index (χ0) is 16.8. The summed E-state index contributed by atoms with van der Waals surface area (Å²) in [6.07, 6.45) is 2.75. The number of amides is 1. The maximum atomic E-state index is 12.4. The molecule has 0 bridgehead atoms. The zero-order valence-electron chi connectivity index (χ0n) is 13.3. The molecule has 23 heavy (non-hydrogen) atoms. The van der Waals surface area contributed by atoms with Crippen LogP contribution >= 0.6 is 0 Å². The van der Waals surface area contributed by atoms with Gasteiger partial charge in [-0.05, 0) is 57.2 Å². The molecular weight excluding hydrogens is 316 g/mol. The van der Waals surface area contributed by atoms with E-state index in [4.69, 9.17) is 0 Å². The van der Waals surface area contributed by atoms with Crippen molar-refractivity contribution < 1.29 is 18.3 Å². The van der Waals surface area contributed by atoms with Crippen LogP contribution in [0.4, 0.5) is 0 Å². The predicted octanol–water partition coefficient (Wildman–Crippen LogP) is 1.08. The number of rotatable bonds is 5. The maximum absolute atomic E-state index is 12.4. The summed E-state index contributed by atoms with van der Waals surface area (Å²) in [6, 6.07) is 4.54. The van der Waals surface area contributed by atoms with E-state index < -0.39 is 15.6 Å². The lowest BCUT2D eigenvalue weighted by Crippen LogP contribution is -2.53. The minimum atomic E-state index is -3.58. The SMILES string of the molecule is Cc1ccc(S(=O)(=O)NC2CC2)cc1C(=O)NC1CC(C)(O)C1. The molecule has 2 fully saturated rings. The maximum Gasteiger partial charge on any atom is 0.251 e. The van der Waals surface area contributed by atoms with E-state index in [1.807, 2.05) is 0 Å². The van der Waals surface area contributed by atoms with Crippen molar-refractivity contribution in [3.63, 3.8) is 0 Å². The average molecular weight is 338 g/mol. The summed E-state index contributed by atoms with van der Waals surface area (Å²) in [5.41, 5.74) is 0.362. The van der Waals surface area contributed by atoms with Crippen LogP contribution in [0.15, 0.2) is 23.1 Å². The topological polar surface area (TPSA) is 95.5 Å². The first-order valence-electron chi connectivity index (χ1n) is 7.82. The summed E-state index contributed by atoms with van der Waals surface area (Å²) >= 11 is 0. The second-order valence-electron chi connectivity index (χ2n) is 6.95. The standard InChI is InChI=1S/C16H22N2O4S/c1-10-3-6-13(23(21,22)18-11-4-5-11)7-14(10)15(19)17-12-8-16(2,20)9-12/h3,6-7,11-12,18,20H,4-5,8-9H2,1-2H3,(H,17,19). The van der Waals surface area contributed by atoms with Gasteiger partial charge in [-0.25, -0.2) is 13.1 Å². The smallest absolute Gasteiger partial charge is 0.251 e. The van der Waals surface area contributed by atoms with Crippen molar-refractivity contribution in [2.24, 2.45) is 0 Å². The summed E-state index contributed by atoms with van der Waals surface area (Å²) in [4.78, 5) is 12.5. The van der Waals surface area contributed by atoms with Crippen LogP contribution < -0.4 is 10.0 Å². The molecule has 1 aromatic rings. The molecule has 0 saturated heterocycles. The summed E-state index contributed by atoms with van der Waals surface area (Å²) in [7, 11) is -3.58. The van der Waals surface area contributed by atoms with Crippen molar-refractivity contribution in [2.75, 3.05) is 0 Å². The number of sulfonamides is 1. The van der Waals surface area contributed by atoms with E-state index in [9.17, 15) is 18.3 Å². The minimum absolute atomic E-state index is 0.0239. The lowest BCUT2D eigenvalue weighted by Gasteiger charge is -2.41. The number of aryl methyl sites for hydroxylation is 1. The molecule has 0 aromatic heterocycles. The van der Waals surface area contributed by atoms with E-state index in [0.717, 1.165) is 18.4 Å². The third-order valence-corrected chi connectivity index (χ3v) is 5.89. The van der Waals surface area contributed by atoms with Gasteiger partial charge in [0.25, 0.3) is 5.91 Å². The minimum Gasteiger partial charge on any atom is -0.390 e. The van der Waals surface area contributed by atoms with E-state index in [0.29, 0.717) is 18.4 Å². The highest BCUT2D eigenvalue weighted by Gasteiger charge is 2.39. The van der Waals surface area contributed by atoms with Crippen LogP contribution in [0.25, 0.3) is 0 Å². The van der Waals surface area contributed by atoms with Crippen LogP contribution in [-0.2, 0) is 10.0 Å². The number of nitrogens with one attached hydrogen (secondary N) is 2. The highest BCUT2D eigenvalue weighted by atomic mass is 32.2. The van der Waals surface area contributed by atoms with Gasteiger partial charge in [-0.1, -0.05) is 6.07 Å². The van der Waals surface area contributed by atoms with Crippen molar-refractivity contribution >= 4 is 15.9 Å². The lowest BCUT2D eigenvalue weighted by molar-refractivity contribution is -0.0366. The van der Waals surface area contributed by atoms with E-state index in [2.05, 4.69) is 10.0 Å². The summed E-state index contributed by atoms with van der Waals surface area (Å²) in [5.74, 6) is -0.300. The van der Waals surface area contributed by atoms with Crippen LogP contribution in [-0.4, -0.2) is 37.1 Å². The van der Waals surface area contributed by atoms with Gasteiger partial charge in [0.2, 0.25) is 10.0 Å². The highest BCUT2D eigenvalue weighted by Crippen LogP contribution is 2.31. The van der Waals surface area contributed by atoms with Gasteiger partial charge in [0.05, 0.1) is 10.5 Å². The lowest BCUT2D eigenvalue weighted by atomic mass is 9.77. The molecule has 2 aliphatic carbocycles. The quantitative estimate of drug-likeness (QED) is 0.748. The monoisotopic (exact) mass is 338 g/mol. The van der Waals surface area contributed by atoms with Gasteiger partial charge in [-0.3, -0.25) is 4.79 Å². The van der Waals surface area contributed by atoms with Crippen LogP contribution in [0.3, 0.4) is 0 Å². The van der Waals surface area contributed by atoms with E-state index in [-0.39, 0.29) is 22.9 Å². The van der Waals surface area contributed by atoms with E-state index in [1.165, 1.54) is 12.1 Å². The van der Waals surface area contributed by atoms with E-state index in [1.54, 1.807) is 19.9 Å². The molecule has 0 heterocycles. The average Bonchev–Trinajstić information content (AvgIpc) is 3.19. The molecular formula is C16H22N2O4S. The Morgan fingerprint density at radius 2 is 1.91 bits per heavy atom. The molecule has 0 radical (unpaired) electrons. The molecule has 1 aromatic carbocycles. The van der Waals surface area contributed by atoms with Gasteiger partial charge in [0, 0.05) is 17.6 Å². The van der Waals surface area contributed by atoms with Gasteiger partial charge >= 0.3 is 0 Å². The number of hydrogen-bond donors (Lipinski definition) is 3. The van der Waals surface area contributed by atoms with E-state index >= 15 is 0 Å². The second-order valence-corrected chi connectivity index (χ2v) is 8.66. The third kappa shape index (κ3) is 3.73. The normalized spacial score (nSPS) is 27.3. The fraction of sp³-hybridized carbons (Fsp3) is 0.562. The Morgan fingerprint density at radius 3 is 2.48 bits per heavy atom. The fourth-order valence-corrected chi connectivity index (χ4v) is 4.20. The largest absolute Gasteiger partial charge is 0.390 e. The number of carbonyl (C=O) groups excluding carboxylic acids is 1. The Morgan fingerprint density at radius 1 is 1.26 bits per heavy atom. The molecule has 6 nitrogen and oxygen atoms in total. The molecule has 2 saturated carbocycles. The van der Waals surface area contributed by atoms with Crippen molar-refractivity contribution in [1.82, 2.24) is 10.0 Å². The van der Waals surface area contributed by atoms with Crippen molar-refractivity contribution in [3.8, 4) is 0 Å². The molecule has 1 amide bonds. The van der Waals surface area contributed by atoms with Gasteiger partial charge < -0.3 is 10.4 Å². The Bertz CT molecular complexity index is 730. The first-order chi connectivity index (χ1) is 10.7. The van der Waals surface area contributed by atoms with Crippen LogP contribution in [0.2, 0.25) is 0 Å². The van der Waals surface area contributed by atoms with Crippen molar-refractivity contribution in [2.45, 2.75) is 62.1 Å². The number of aliphatic hydroxyl groups is 1. The Kier molecular flexibility index (Phi) is 3.98.